The highest BCUT2D eigenvalue weighted by Gasteiger charge is 2.50. The summed E-state index contributed by atoms with van der Waals surface area (Å²) in [4.78, 5) is 39.9. The molecular formula is C22H24N6O5. The highest BCUT2D eigenvalue weighted by atomic mass is 16.4. The molecule has 2 N–H and O–H groups in total. The Labute approximate surface area is 189 Å². The Morgan fingerprint density at radius 2 is 1.97 bits per heavy atom. The fourth-order valence-corrected chi connectivity index (χ4v) is 3.61. The second-order valence-electron chi connectivity index (χ2n) is 7.79. The molecule has 1 saturated heterocycles. The number of nitrogens with one attached hydrogen (secondary N) is 2. The van der Waals surface area contributed by atoms with Gasteiger partial charge in [0, 0.05) is 0 Å². The number of hydrazine groups is 1. The Morgan fingerprint density at radius 1 is 1.18 bits per heavy atom. The van der Waals surface area contributed by atoms with Gasteiger partial charge in [0.05, 0.1) is 19.4 Å². The van der Waals surface area contributed by atoms with Crippen molar-refractivity contribution in [3.8, 4) is 11.7 Å². The summed E-state index contributed by atoms with van der Waals surface area (Å²) < 4.78 is 10.9. The molecule has 11 nitrogen and oxygen atoms in total. The monoisotopic (exact) mass is 452 g/mol. The average Bonchev–Trinajstić information content (AvgIpc) is 3.53. The lowest BCUT2D eigenvalue weighted by Gasteiger charge is -2.23. The quantitative estimate of drug-likeness (QED) is 0.471. The molecule has 1 aromatic carbocycles. The van der Waals surface area contributed by atoms with E-state index >= 15 is 0 Å². The predicted octanol–water partition coefficient (Wildman–Crippen LogP) is 2.04. The molecule has 0 saturated carbocycles. The highest BCUT2D eigenvalue weighted by Crippen LogP contribution is 2.27. The van der Waals surface area contributed by atoms with E-state index in [0.717, 1.165) is 11.4 Å². The Hall–Kier alpha value is -3.99. The van der Waals surface area contributed by atoms with Crippen LogP contribution in [0.4, 0.5) is 4.79 Å². The summed E-state index contributed by atoms with van der Waals surface area (Å²) in [5.41, 5.74) is 1.77. The molecule has 0 spiro atoms. The zero-order chi connectivity index (χ0) is 23.4. The fraction of sp³-hybridized carbons (Fsp3) is 0.318. The summed E-state index contributed by atoms with van der Waals surface area (Å²) >= 11 is 0. The number of aromatic nitrogens is 2. The molecule has 0 aliphatic carbocycles. The van der Waals surface area contributed by atoms with E-state index in [2.05, 4.69) is 20.9 Å². The minimum absolute atomic E-state index is 0.0780. The second-order valence-corrected chi connectivity index (χ2v) is 7.79. The van der Waals surface area contributed by atoms with Crippen LogP contribution in [0.1, 0.15) is 31.7 Å². The molecule has 0 bridgehead atoms. The number of imide groups is 1. The molecule has 11 heteroatoms. The number of rotatable bonds is 9. The SMILES string of the molecule is CCCN(CC(=O)NN1C(=O)NC(C)(c2ccccc2)C1=O)Cc1nnc(-c2ccco2)o1. The molecule has 1 aliphatic heterocycles. The first-order chi connectivity index (χ1) is 15.9. The number of urea groups is 1. The lowest BCUT2D eigenvalue weighted by molar-refractivity contribution is -0.139. The zero-order valence-electron chi connectivity index (χ0n) is 18.3. The van der Waals surface area contributed by atoms with Crippen molar-refractivity contribution in [1.29, 1.82) is 0 Å². The van der Waals surface area contributed by atoms with E-state index in [1.807, 2.05) is 13.0 Å². The largest absolute Gasteiger partial charge is 0.459 e. The molecule has 2 aromatic heterocycles. The summed E-state index contributed by atoms with van der Waals surface area (Å²) in [6, 6.07) is 11.6. The summed E-state index contributed by atoms with van der Waals surface area (Å²) in [6.45, 7) is 4.27. The number of hydrogen-bond donors (Lipinski definition) is 2. The van der Waals surface area contributed by atoms with E-state index in [9.17, 15) is 14.4 Å². The van der Waals surface area contributed by atoms with Gasteiger partial charge in [-0.3, -0.25) is 19.9 Å². The molecular weight excluding hydrogens is 428 g/mol. The topological polar surface area (TPSA) is 134 Å². The fourth-order valence-electron chi connectivity index (χ4n) is 3.61. The van der Waals surface area contributed by atoms with E-state index in [0.29, 0.717) is 23.8 Å². The van der Waals surface area contributed by atoms with Gasteiger partial charge >= 0.3 is 6.03 Å². The first-order valence-corrected chi connectivity index (χ1v) is 10.5. The van der Waals surface area contributed by atoms with Crippen molar-refractivity contribution in [3.63, 3.8) is 0 Å². The van der Waals surface area contributed by atoms with E-state index in [-0.39, 0.29) is 19.0 Å². The van der Waals surface area contributed by atoms with Gasteiger partial charge in [-0.05, 0) is 37.6 Å². The number of nitrogens with zero attached hydrogens (tertiary/aromatic N) is 4. The minimum atomic E-state index is -1.26. The predicted molar refractivity (Wildman–Crippen MR) is 115 cm³/mol. The maximum absolute atomic E-state index is 13.0. The summed E-state index contributed by atoms with van der Waals surface area (Å²) in [5.74, 6) is -0.0672. The van der Waals surface area contributed by atoms with Crippen molar-refractivity contribution in [2.75, 3.05) is 13.1 Å². The van der Waals surface area contributed by atoms with Crippen molar-refractivity contribution >= 4 is 17.8 Å². The molecule has 1 unspecified atom stereocenters. The number of carbonyl (C=O) groups excluding carboxylic acids is 3. The smallest absolute Gasteiger partial charge is 0.344 e. The van der Waals surface area contributed by atoms with Crippen LogP contribution in [-0.2, 0) is 21.7 Å². The summed E-state index contributed by atoms with van der Waals surface area (Å²) in [7, 11) is 0. The van der Waals surface area contributed by atoms with Crippen LogP contribution in [0.3, 0.4) is 0 Å². The molecule has 33 heavy (non-hydrogen) atoms. The van der Waals surface area contributed by atoms with Crippen LogP contribution < -0.4 is 10.7 Å². The van der Waals surface area contributed by atoms with Gasteiger partial charge in [0.1, 0.15) is 5.54 Å². The van der Waals surface area contributed by atoms with Gasteiger partial charge in [0.2, 0.25) is 5.89 Å². The number of furan rings is 1. The molecule has 4 amide bonds. The molecule has 3 heterocycles. The van der Waals surface area contributed by atoms with Crippen molar-refractivity contribution in [2.45, 2.75) is 32.4 Å². The van der Waals surface area contributed by atoms with Gasteiger partial charge in [-0.25, -0.2) is 4.79 Å². The van der Waals surface area contributed by atoms with E-state index in [4.69, 9.17) is 8.83 Å². The van der Waals surface area contributed by atoms with Gasteiger partial charge < -0.3 is 14.2 Å². The van der Waals surface area contributed by atoms with Gasteiger partial charge in [-0.15, -0.1) is 10.2 Å². The molecule has 172 valence electrons. The standard InChI is InChI=1S/C22H24N6O5/c1-3-11-27(14-18-24-25-19(33-18)16-10-7-12-32-16)13-17(29)26-28-20(30)22(2,23-21(28)31)15-8-5-4-6-9-15/h4-10,12H,3,11,13-14H2,1-2H3,(H,23,31)(H,26,29). The van der Waals surface area contributed by atoms with Crippen molar-refractivity contribution < 1.29 is 23.2 Å². The third kappa shape index (κ3) is 4.62. The normalized spacial score (nSPS) is 18.1. The van der Waals surface area contributed by atoms with Gasteiger partial charge in [-0.2, -0.15) is 5.01 Å². The molecule has 4 rings (SSSR count). The first kappa shape index (κ1) is 22.2. The number of carbonyl (C=O) groups is 3. The zero-order valence-corrected chi connectivity index (χ0v) is 18.3. The number of amides is 4. The Kier molecular flexibility index (Phi) is 6.22. The third-order valence-corrected chi connectivity index (χ3v) is 5.24. The summed E-state index contributed by atoms with van der Waals surface area (Å²) in [6.07, 6.45) is 2.27. The van der Waals surface area contributed by atoms with Gasteiger partial charge in [-0.1, -0.05) is 37.3 Å². The maximum atomic E-state index is 13.0. The number of benzene rings is 1. The Balaban J connectivity index is 1.40. The van der Waals surface area contributed by atoms with E-state index < -0.39 is 23.4 Å². The van der Waals surface area contributed by atoms with Gasteiger partial charge in [0.25, 0.3) is 17.7 Å². The van der Waals surface area contributed by atoms with Crippen LogP contribution >= 0.6 is 0 Å². The first-order valence-electron chi connectivity index (χ1n) is 10.5. The number of hydrogen-bond acceptors (Lipinski definition) is 8. The molecule has 1 aliphatic rings. The van der Waals surface area contributed by atoms with Crippen LogP contribution in [0.15, 0.2) is 57.6 Å². The van der Waals surface area contributed by atoms with Gasteiger partial charge in [0.15, 0.2) is 5.76 Å². The molecule has 3 aromatic rings. The Bertz CT molecular complexity index is 1130. The van der Waals surface area contributed by atoms with Crippen LogP contribution in [0.2, 0.25) is 0 Å². The van der Waals surface area contributed by atoms with Crippen LogP contribution in [0.25, 0.3) is 11.7 Å². The summed E-state index contributed by atoms with van der Waals surface area (Å²) in [5, 5.41) is 11.3. The third-order valence-electron chi connectivity index (χ3n) is 5.24. The minimum Gasteiger partial charge on any atom is -0.459 e. The average molecular weight is 452 g/mol. The second kappa shape index (κ2) is 9.25. The van der Waals surface area contributed by atoms with Crippen molar-refractivity contribution in [1.82, 2.24) is 30.8 Å². The molecule has 1 fully saturated rings. The Morgan fingerprint density at radius 3 is 2.67 bits per heavy atom. The van der Waals surface area contributed by atoms with Crippen LogP contribution in [-0.4, -0.2) is 51.0 Å². The lowest BCUT2D eigenvalue weighted by atomic mass is 9.92. The van der Waals surface area contributed by atoms with Crippen LogP contribution in [0, 0.1) is 0 Å². The van der Waals surface area contributed by atoms with Crippen LogP contribution in [0.5, 0.6) is 0 Å². The highest BCUT2D eigenvalue weighted by molar-refractivity contribution is 6.08. The molecule has 0 radical (unpaired) electrons. The van der Waals surface area contributed by atoms with E-state index in [1.54, 1.807) is 48.2 Å². The van der Waals surface area contributed by atoms with Crippen molar-refractivity contribution in [3.05, 3.63) is 60.2 Å². The van der Waals surface area contributed by atoms with Crippen molar-refractivity contribution in [2.24, 2.45) is 0 Å². The lowest BCUT2D eigenvalue weighted by Crippen LogP contribution is -2.50. The maximum Gasteiger partial charge on any atom is 0.344 e. The molecule has 1 atom stereocenters. The van der Waals surface area contributed by atoms with E-state index in [1.165, 1.54) is 6.26 Å².